The van der Waals surface area contributed by atoms with Crippen LogP contribution in [0.2, 0.25) is 5.02 Å². The Bertz CT molecular complexity index is 697. The Labute approximate surface area is 112 Å². The van der Waals surface area contributed by atoms with Crippen molar-refractivity contribution in [3.63, 3.8) is 0 Å². The third-order valence-corrected chi connectivity index (χ3v) is 3.69. The lowest BCUT2D eigenvalue weighted by molar-refractivity contribution is 0.830. The van der Waals surface area contributed by atoms with Gasteiger partial charge in [0.15, 0.2) is 0 Å². The van der Waals surface area contributed by atoms with Gasteiger partial charge in [-0.15, -0.1) is 0 Å². The summed E-state index contributed by atoms with van der Waals surface area (Å²) in [4.78, 5) is 0. The lowest BCUT2D eigenvalue weighted by Gasteiger charge is -2.08. The van der Waals surface area contributed by atoms with Crippen LogP contribution in [0.1, 0.15) is 11.1 Å². The first-order valence-corrected chi connectivity index (χ1v) is 6.41. The van der Waals surface area contributed by atoms with E-state index in [-0.39, 0.29) is 0 Å². The Morgan fingerprint density at radius 2 is 1.83 bits per heavy atom. The maximum atomic E-state index is 6.19. The highest BCUT2D eigenvalue weighted by Gasteiger charge is 2.05. The van der Waals surface area contributed by atoms with Gasteiger partial charge in [0.1, 0.15) is 0 Å². The van der Waals surface area contributed by atoms with Crippen LogP contribution in [0.3, 0.4) is 0 Å². The summed E-state index contributed by atoms with van der Waals surface area (Å²) in [5.41, 5.74) is 3.85. The van der Waals surface area contributed by atoms with E-state index in [1.807, 2.05) is 12.1 Å². The predicted octanol–water partition coefficient (Wildman–Crippen LogP) is 4.65. The molecule has 3 rings (SSSR count). The van der Waals surface area contributed by atoms with Gasteiger partial charge >= 0.3 is 0 Å². The molecule has 0 atom stereocenters. The lowest BCUT2D eigenvalue weighted by atomic mass is 10.1. The molecule has 90 valence electrons. The van der Waals surface area contributed by atoms with Crippen molar-refractivity contribution in [2.45, 2.75) is 13.5 Å². The molecule has 0 aliphatic carbocycles. The van der Waals surface area contributed by atoms with Crippen LogP contribution < -0.4 is 0 Å². The normalized spacial score (nSPS) is 11.0. The van der Waals surface area contributed by atoms with Crippen LogP contribution in [0.25, 0.3) is 10.9 Å². The van der Waals surface area contributed by atoms with Gasteiger partial charge in [0.2, 0.25) is 0 Å². The minimum atomic E-state index is 0.816. The zero-order valence-electron chi connectivity index (χ0n) is 10.2. The van der Waals surface area contributed by atoms with Gasteiger partial charge in [-0.1, -0.05) is 41.9 Å². The van der Waals surface area contributed by atoms with Crippen molar-refractivity contribution in [2.24, 2.45) is 0 Å². The quantitative estimate of drug-likeness (QED) is 0.628. The third kappa shape index (κ3) is 1.91. The van der Waals surface area contributed by atoms with Gasteiger partial charge in [0.05, 0.1) is 0 Å². The molecule has 0 aliphatic rings. The molecular formula is C16H14ClN. The molecule has 1 aromatic heterocycles. The highest BCUT2D eigenvalue weighted by molar-refractivity contribution is 6.35. The molecule has 0 N–H and O–H groups in total. The fraction of sp³-hybridized carbons (Fsp3) is 0.125. The monoisotopic (exact) mass is 255 g/mol. The molecular weight excluding hydrogens is 242 g/mol. The largest absolute Gasteiger partial charge is 0.343 e. The van der Waals surface area contributed by atoms with Crippen LogP contribution in [0.15, 0.2) is 54.7 Å². The third-order valence-electron chi connectivity index (χ3n) is 3.36. The zero-order chi connectivity index (χ0) is 12.5. The number of aryl methyl sites for hydroxylation is 1. The number of fused-ring (bicyclic) bond motifs is 1. The van der Waals surface area contributed by atoms with Crippen LogP contribution >= 0.6 is 11.6 Å². The summed E-state index contributed by atoms with van der Waals surface area (Å²) in [6.07, 6.45) is 2.10. The minimum absolute atomic E-state index is 0.816. The fourth-order valence-corrected chi connectivity index (χ4v) is 2.53. The highest BCUT2D eigenvalue weighted by atomic mass is 35.5. The summed E-state index contributed by atoms with van der Waals surface area (Å²) in [5.74, 6) is 0. The molecule has 1 heterocycles. The molecule has 1 nitrogen and oxygen atoms in total. The molecule has 0 unspecified atom stereocenters. The van der Waals surface area contributed by atoms with Crippen LogP contribution in [-0.2, 0) is 6.54 Å². The average Bonchev–Trinajstić information content (AvgIpc) is 2.77. The minimum Gasteiger partial charge on any atom is -0.343 e. The molecule has 0 radical (unpaired) electrons. The SMILES string of the molecule is Cc1ccccc1Cn1ccc2c(Cl)cccc21. The van der Waals surface area contributed by atoms with Gasteiger partial charge in [-0.3, -0.25) is 0 Å². The Kier molecular flexibility index (Phi) is 2.85. The van der Waals surface area contributed by atoms with E-state index < -0.39 is 0 Å². The van der Waals surface area contributed by atoms with Crippen molar-refractivity contribution in [2.75, 3.05) is 0 Å². The molecule has 0 fully saturated rings. The summed E-state index contributed by atoms with van der Waals surface area (Å²) in [6.45, 7) is 3.03. The van der Waals surface area contributed by atoms with Gasteiger partial charge in [-0.2, -0.15) is 0 Å². The van der Waals surface area contributed by atoms with Crippen molar-refractivity contribution < 1.29 is 0 Å². The van der Waals surface area contributed by atoms with Crippen LogP contribution in [0, 0.1) is 6.92 Å². The summed E-state index contributed by atoms with van der Waals surface area (Å²) in [6, 6.07) is 16.6. The van der Waals surface area contributed by atoms with E-state index in [0.29, 0.717) is 0 Å². The van der Waals surface area contributed by atoms with Crippen molar-refractivity contribution in [1.29, 1.82) is 0 Å². The molecule has 0 saturated carbocycles. The number of rotatable bonds is 2. The molecule has 0 amide bonds. The summed E-state index contributed by atoms with van der Waals surface area (Å²) in [5, 5.41) is 1.93. The topological polar surface area (TPSA) is 4.93 Å². The van der Waals surface area contributed by atoms with E-state index in [0.717, 1.165) is 17.0 Å². The predicted molar refractivity (Wildman–Crippen MR) is 77.2 cm³/mol. The number of nitrogens with zero attached hydrogens (tertiary/aromatic N) is 1. The summed E-state index contributed by atoms with van der Waals surface area (Å²) < 4.78 is 2.24. The number of aromatic nitrogens is 1. The Hall–Kier alpha value is -1.73. The van der Waals surface area contributed by atoms with Gasteiger partial charge in [-0.25, -0.2) is 0 Å². The average molecular weight is 256 g/mol. The van der Waals surface area contributed by atoms with Crippen molar-refractivity contribution in [3.8, 4) is 0 Å². The van der Waals surface area contributed by atoms with Gasteiger partial charge in [0.25, 0.3) is 0 Å². The molecule has 0 spiro atoms. The first kappa shape index (κ1) is 11.4. The van der Waals surface area contributed by atoms with Crippen molar-refractivity contribution >= 4 is 22.5 Å². The number of halogens is 1. The molecule has 2 aromatic carbocycles. The van der Waals surface area contributed by atoms with Crippen molar-refractivity contribution in [3.05, 3.63) is 70.9 Å². The van der Waals surface area contributed by atoms with E-state index in [2.05, 4.69) is 54.1 Å². The van der Waals surface area contributed by atoms with Crippen LogP contribution in [0.4, 0.5) is 0 Å². The van der Waals surface area contributed by atoms with E-state index >= 15 is 0 Å². The maximum absolute atomic E-state index is 6.19. The van der Waals surface area contributed by atoms with E-state index in [4.69, 9.17) is 11.6 Å². The molecule has 18 heavy (non-hydrogen) atoms. The molecule has 3 aromatic rings. The van der Waals surface area contributed by atoms with Gasteiger partial charge in [-0.05, 0) is 36.2 Å². The van der Waals surface area contributed by atoms with Crippen molar-refractivity contribution in [1.82, 2.24) is 4.57 Å². The lowest BCUT2D eigenvalue weighted by Crippen LogP contribution is -1.99. The second kappa shape index (κ2) is 4.51. The highest BCUT2D eigenvalue weighted by Crippen LogP contribution is 2.25. The Morgan fingerprint density at radius 3 is 2.67 bits per heavy atom. The smallest absolute Gasteiger partial charge is 0.0499 e. The Morgan fingerprint density at radius 1 is 1.00 bits per heavy atom. The van der Waals surface area contributed by atoms with E-state index in [9.17, 15) is 0 Å². The van der Waals surface area contributed by atoms with E-state index in [1.165, 1.54) is 16.6 Å². The van der Waals surface area contributed by atoms with Gasteiger partial charge < -0.3 is 4.57 Å². The second-order valence-corrected chi connectivity index (χ2v) is 4.95. The maximum Gasteiger partial charge on any atom is 0.0499 e. The first-order chi connectivity index (χ1) is 8.75. The summed E-state index contributed by atoms with van der Waals surface area (Å²) >= 11 is 6.19. The van der Waals surface area contributed by atoms with Crippen LogP contribution in [0.5, 0.6) is 0 Å². The van der Waals surface area contributed by atoms with E-state index in [1.54, 1.807) is 0 Å². The zero-order valence-corrected chi connectivity index (χ0v) is 11.0. The Balaban J connectivity index is 2.06. The van der Waals surface area contributed by atoms with Gasteiger partial charge in [0, 0.05) is 28.7 Å². The second-order valence-electron chi connectivity index (χ2n) is 4.54. The standard InChI is InChI=1S/C16H14ClN/c1-12-5-2-3-6-13(12)11-18-10-9-14-15(17)7-4-8-16(14)18/h2-10H,11H2,1H3. The number of benzene rings is 2. The molecule has 0 saturated heterocycles. The van der Waals surface area contributed by atoms with Crippen LogP contribution in [-0.4, -0.2) is 4.57 Å². The number of hydrogen-bond acceptors (Lipinski definition) is 0. The molecule has 0 bridgehead atoms. The fourth-order valence-electron chi connectivity index (χ4n) is 2.29. The first-order valence-electron chi connectivity index (χ1n) is 6.03. The molecule has 2 heteroatoms. The summed E-state index contributed by atoms with van der Waals surface area (Å²) in [7, 11) is 0. The molecule has 0 aliphatic heterocycles. The number of hydrogen-bond donors (Lipinski definition) is 0.